The third-order valence-corrected chi connectivity index (χ3v) is 5.79. The molecule has 1 heterocycles. The van der Waals surface area contributed by atoms with Crippen LogP contribution >= 0.6 is 11.8 Å². The minimum absolute atomic E-state index is 0.332. The molecule has 0 bridgehead atoms. The van der Waals surface area contributed by atoms with E-state index < -0.39 is 10.0 Å². The maximum atomic E-state index is 12.1. The smallest absolute Gasteiger partial charge is 0.240 e. The maximum Gasteiger partial charge on any atom is 0.240 e. The molecular weight excluding hydrogens is 308 g/mol. The second-order valence-corrected chi connectivity index (χ2v) is 7.69. The van der Waals surface area contributed by atoms with Gasteiger partial charge in [-0.15, -0.1) is 11.8 Å². The van der Waals surface area contributed by atoms with Crippen LogP contribution in [0.4, 0.5) is 0 Å². The molecule has 2 N–H and O–H groups in total. The summed E-state index contributed by atoms with van der Waals surface area (Å²) in [6.45, 7) is 5.12. The van der Waals surface area contributed by atoms with Crippen molar-refractivity contribution in [1.29, 1.82) is 0 Å². The summed E-state index contributed by atoms with van der Waals surface area (Å²) in [4.78, 5) is 2.88. The highest BCUT2D eigenvalue weighted by Gasteiger charge is 2.15. The summed E-state index contributed by atoms with van der Waals surface area (Å²) < 4.78 is 32.3. The van der Waals surface area contributed by atoms with Crippen molar-refractivity contribution < 1.29 is 18.1 Å². The molecule has 118 valence electrons. The standard InChI is InChI=1S/C14H22N2O3S2/c1-20-13-3-5-14(6-4-13)21(17,18)15-7-2-8-16-9-11-19-12-10-16/h3-6,15H,2,7-12H2,1H3/p+1. The number of rotatable bonds is 7. The van der Waals surface area contributed by atoms with Gasteiger partial charge in [0.15, 0.2) is 0 Å². The summed E-state index contributed by atoms with van der Waals surface area (Å²) in [5.41, 5.74) is 0. The minimum atomic E-state index is -3.38. The van der Waals surface area contributed by atoms with Gasteiger partial charge in [0, 0.05) is 17.9 Å². The van der Waals surface area contributed by atoms with Crippen LogP contribution in [0.2, 0.25) is 0 Å². The third kappa shape index (κ3) is 5.27. The lowest BCUT2D eigenvalue weighted by atomic mass is 10.3. The predicted molar refractivity (Wildman–Crippen MR) is 84.4 cm³/mol. The van der Waals surface area contributed by atoms with Crippen LogP contribution in [0.25, 0.3) is 0 Å². The lowest BCUT2D eigenvalue weighted by Gasteiger charge is -2.23. The van der Waals surface area contributed by atoms with Crippen LogP contribution in [0.3, 0.4) is 0 Å². The van der Waals surface area contributed by atoms with Crippen LogP contribution in [0.5, 0.6) is 0 Å². The lowest BCUT2D eigenvalue weighted by Crippen LogP contribution is -3.14. The second-order valence-electron chi connectivity index (χ2n) is 5.04. The zero-order chi connectivity index (χ0) is 15.1. The molecule has 0 amide bonds. The van der Waals surface area contributed by atoms with Crippen LogP contribution in [0.15, 0.2) is 34.1 Å². The van der Waals surface area contributed by atoms with Crippen molar-refractivity contribution in [1.82, 2.24) is 4.72 Å². The zero-order valence-corrected chi connectivity index (χ0v) is 13.9. The van der Waals surface area contributed by atoms with Crippen LogP contribution < -0.4 is 9.62 Å². The van der Waals surface area contributed by atoms with Gasteiger partial charge in [-0.05, 0) is 30.5 Å². The summed E-state index contributed by atoms with van der Waals surface area (Å²) in [7, 11) is -3.38. The van der Waals surface area contributed by atoms with E-state index in [1.54, 1.807) is 23.9 Å². The number of nitrogens with one attached hydrogen (secondary N) is 2. The number of quaternary nitrogens is 1. The SMILES string of the molecule is CSc1ccc(S(=O)(=O)NCCC[NH+]2CCOCC2)cc1. The molecule has 0 unspecified atom stereocenters. The van der Waals surface area contributed by atoms with E-state index in [1.807, 2.05) is 18.4 Å². The van der Waals surface area contributed by atoms with Gasteiger partial charge in [0.25, 0.3) is 0 Å². The predicted octanol–water partition coefficient (Wildman–Crippen LogP) is -0.00800. The van der Waals surface area contributed by atoms with Crippen molar-refractivity contribution in [3.8, 4) is 0 Å². The number of benzene rings is 1. The Morgan fingerprint density at radius 1 is 1.24 bits per heavy atom. The van der Waals surface area contributed by atoms with Gasteiger partial charge in [-0.1, -0.05) is 0 Å². The molecule has 0 radical (unpaired) electrons. The van der Waals surface area contributed by atoms with Gasteiger partial charge in [0.1, 0.15) is 13.1 Å². The molecule has 5 nitrogen and oxygen atoms in total. The summed E-state index contributed by atoms with van der Waals surface area (Å²) in [5, 5.41) is 0. The fourth-order valence-electron chi connectivity index (χ4n) is 2.29. The van der Waals surface area contributed by atoms with Gasteiger partial charge >= 0.3 is 0 Å². The van der Waals surface area contributed by atoms with E-state index >= 15 is 0 Å². The summed E-state index contributed by atoms with van der Waals surface area (Å²) >= 11 is 1.60. The average Bonchev–Trinajstić information content (AvgIpc) is 2.53. The molecule has 0 aromatic heterocycles. The fraction of sp³-hybridized carbons (Fsp3) is 0.571. The van der Waals surface area contributed by atoms with E-state index in [9.17, 15) is 8.42 Å². The Hall–Kier alpha value is -0.600. The van der Waals surface area contributed by atoms with E-state index in [-0.39, 0.29) is 0 Å². The Morgan fingerprint density at radius 3 is 2.52 bits per heavy atom. The molecule has 1 aliphatic heterocycles. The maximum absolute atomic E-state index is 12.1. The first-order chi connectivity index (χ1) is 10.1. The van der Waals surface area contributed by atoms with Crippen molar-refractivity contribution in [2.45, 2.75) is 16.2 Å². The highest BCUT2D eigenvalue weighted by Crippen LogP contribution is 2.17. The summed E-state index contributed by atoms with van der Waals surface area (Å²) in [6.07, 6.45) is 2.81. The number of ether oxygens (including phenoxy) is 1. The van der Waals surface area contributed by atoms with E-state index in [4.69, 9.17) is 4.74 Å². The first-order valence-electron chi connectivity index (χ1n) is 7.17. The molecule has 1 fully saturated rings. The first-order valence-corrected chi connectivity index (χ1v) is 9.87. The Labute approximate surface area is 131 Å². The van der Waals surface area contributed by atoms with Gasteiger partial charge in [0.05, 0.1) is 24.7 Å². The van der Waals surface area contributed by atoms with Crippen molar-refractivity contribution in [3.63, 3.8) is 0 Å². The van der Waals surface area contributed by atoms with E-state index in [0.29, 0.717) is 11.4 Å². The van der Waals surface area contributed by atoms with Gasteiger partial charge in [-0.2, -0.15) is 0 Å². The van der Waals surface area contributed by atoms with Crippen LogP contribution in [0, 0.1) is 0 Å². The second kappa shape index (κ2) is 8.14. The Kier molecular flexibility index (Phi) is 6.50. The van der Waals surface area contributed by atoms with Crippen LogP contribution in [0.1, 0.15) is 6.42 Å². The minimum Gasteiger partial charge on any atom is -0.370 e. The van der Waals surface area contributed by atoms with Crippen molar-refractivity contribution >= 4 is 21.8 Å². The topological polar surface area (TPSA) is 59.8 Å². The molecule has 7 heteroatoms. The number of morpholine rings is 1. The molecule has 0 spiro atoms. The normalized spacial score (nSPS) is 17.0. The molecular formula is C14H23N2O3S2+. The number of hydrogen-bond donors (Lipinski definition) is 2. The van der Waals surface area contributed by atoms with Gasteiger partial charge in [-0.25, -0.2) is 13.1 Å². The van der Waals surface area contributed by atoms with Crippen molar-refractivity contribution in [2.24, 2.45) is 0 Å². The van der Waals surface area contributed by atoms with E-state index in [2.05, 4.69) is 4.72 Å². The fourth-order valence-corrected chi connectivity index (χ4v) is 3.78. The molecule has 0 saturated carbocycles. The summed E-state index contributed by atoms with van der Waals surface area (Å²) in [6, 6.07) is 6.97. The number of hydrogen-bond acceptors (Lipinski definition) is 4. The van der Waals surface area contributed by atoms with Crippen molar-refractivity contribution in [3.05, 3.63) is 24.3 Å². The third-order valence-electron chi connectivity index (χ3n) is 3.57. The molecule has 1 saturated heterocycles. The van der Waals surface area contributed by atoms with Crippen LogP contribution in [-0.4, -0.2) is 54.1 Å². The highest BCUT2D eigenvalue weighted by atomic mass is 32.2. The molecule has 1 aromatic rings. The van der Waals surface area contributed by atoms with Crippen LogP contribution in [-0.2, 0) is 14.8 Å². The number of thioether (sulfide) groups is 1. The zero-order valence-electron chi connectivity index (χ0n) is 12.3. The monoisotopic (exact) mass is 331 g/mol. The molecule has 0 aliphatic carbocycles. The van der Waals surface area contributed by atoms with E-state index in [1.165, 1.54) is 4.90 Å². The van der Waals surface area contributed by atoms with Gasteiger partial charge in [-0.3, -0.25) is 0 Å². The highest BCUT2D eigenvalue weighted by molar-refractivity contribution is 7.98. The molecule has 1 aromatic carbocycles. The largest absolute Gasteiger partial charge is 0.370 e. The molecule has 2 rings (SSSR count). The molecule has 1 aliphatic rings. The van der Waals surface area contributed by atoms with Gasteiger partial charge in [0.2, 0.25) is 10.0 Å². The molecule has 0 atom stereocenters. The Balaban J connectivity index is 1.77. The Bertz CT molecular complexity index is 526. The first kappa shape index (κ1) is 16.8. The molecule has 21 heavy (non-hydrogen) atoms. The lowest BCUT2D eigenvalue weighted by molar-refractivity contribution is -0.908. The van der Waals surface area contributed by atoms with Crippen molar-refractivity contribution in [2.75, 3.05) is 45.6 Å². The number of sulfonamides is 1. The average molecular weight is 331 g/mol. The quantitative estimate of drug-likeness (QED) is 0.545. The van der Waals surface area contributed by atoms with Gasteiger partial charge < -0.3 is 9.64 Å². The van der Waals surface area contributed by atoms with E-state index in [0.717, 1.165) is 44.2 Å². The Morgan fingerprint density at radius 2 is 1.90 bits per heavy atom. The summed E-state index contributed by atoms with van der Waals surface area (Å²) in [5.74, 6) is 0.